The molecule has 1 atom stereocenters. The highest BCUT2D eigenvalue weighted by Crippen LogP contribution is 2.31. The van der Waals surface area contributed by atoms with Gasteiger partial charge in [0.1, 0.15) is 5.84 Å². The minimum Gasteiger partial charge on any atom is -0.384 e. The Labute approximate surface area is 131 Å². The van der Waals surface area contributed by atoms with E-state index in [9.17, 15) is 0 Å². The van der Waals surface area contributed by atoms with Crippen molar-refractivity contribution < 1.29 is 0 Å². The molecular weight excluding hydrogens is 284 g/mol. The van der Waals surface area contributed by atoms with E-state index in [0.29, 0.717) is 16.6 Å². The molecule has 0 spiro atoms. The quantitative estimate of drug-likeness (QED) is 0.667. The Kier molecular flexibility index (Phi) is 4.36. The van der Waals surface area contributed by atoms with Crippen LogP contribution in [0.4, 0.5) is 5.69 Å². The Morgan fingerprint density at radius 2 is 1.95 bits per heavy atom. The number of hydrogen-bond acceptors (Lipinski definition) is 3. The fraction of sp³-hybridized carbons (Fsp3) is 0.562. The lowest BCUT2D eigenvalue weighted by Crippen LogP contribution is -2.41. The highest BCUT2D eigenvalue weighted by molar-refractivity contribution is 6.34. The Morgan fingerprint density at radius 3 is 2.67 bits per heavy atom. The minimum absolute atomic E-state index is 0.0528. The second-order valence-electron chi connectivity index (χ2n) is 6.03. The topological polar surface area (TPSA) is 56.4 Å². The lowest BCUT2D eigenvalue weighted by molar-refractivity contribution is 0.175. The number of piperidine rings is 1. The third kappa shape index (κ3) is 3.01. The van der Waals surface area contributed by atoms with Gasteiger partial charge in [-0.2, -0.15) is 0 Å². The summed E-state index contributed by atoms with van der Waals surface area (Å²) in [5.41, 5.74) is 7.41. The van der Waals surface area contributed by atoms with Crippen LogP contribution in [0, 0.1) is 5.41 Å². The molecule has 1 aromatic rings. The first-order valence-corrected chi connectivity index (χ1v) is 8.16. The number of hydrogen-bond donors (Lipinski definition) is 2. The molecule has 2 aliphatic heterocycles. The van der Waals surface area contributed by atoms with Crippen LogP contribution in [0.1, 0.15) is 31.2 Å². The molecule has 1 aromatic carbocycles. The monoisotopic (exact) mass is 306 g/mol. The number of rotatable bonds is 3. The number of nitrogens with two attached hydrogens (primary N) is 1. The number of halogens is 1. The van der Waals surface area contributed by atoms with Gasteiger partial charge in [-0.1, -0.05) is 24.1 Å². The summed E-state index contributed by atoms with van der Waals surface area (Å²) in [6.45, 7) is 4.49. The maximum atomic E-state index is 7.78. The highest BCUT2D eigenvalue weighted by Gasteiger charge is 2.30. The predicted octanol–water partition coefficient (Wildman–Crippen LogP) is 2.69. The molecule has 0 radical (unpaired) electrons. The summed E-state index contributed by atoms with van der Waals surface area (Å²) < 4.78 is 0. The summed E-state index contributed by atoms with van der Waals surface area (Å²) in [6, 6.07) is 6.41. The number of nitrogens with one attached hydrogen (secondary N) is 1. The second-order valence-corrected chi connectivity index (χ2v) is 6.44. The Morgan fingerprint density at radius 1 is 1.19 bits per heavy atom. The minimum atomic E-state index is 0.0528. The van der Waals surface area contributed by atoms with E-state index in [4.69, 9.17) is 22.7 Å². The fourth-order valence-corrected chi connectivity index (χ4v) is 3.86. The van der Waals surface area contributed by atoms with Crippen LogP contribution in [0.3, 0.4) is 0 Å². The lowest BCUT2D eigenvalue weighted by Gasteiger charge is -2.32. The normalized spacial score (nSPS) is 23.5. The first-order valence-electron chi connectivity index (χ1n) is 7.78. The molecule has 5 heteroatoms. The van der Waals surface area contributed by atoms with Crippen LogP contribution in [0.25, 0.3) is 0 Å². The zero-order chi connectivity index (χ0) is 14.8. The molecule has 0 aliphatic carbocycles. The number of nitrogen functional groups attached to an aromatic ring is 1. The van der Waals surface area contributed by atoms with E-state index in [1.165, 1.54) is 38.8 Å². The molecule has 0 bridgehead atoms. The lowest BCUT2D eigenvalue weighted by atomic mass is 10.1. The van der Waals surface area contributed by atoms with Crippen molar-refractivity contribution in [3.05, 3.63) is 28.8 Å². The summed E-state index contributed by atoms with van der Waals surface area (Å²) in [4.78, 5) is 4.96. The van der Waals surface area contributed by atoms with E-state index in [1.54, 1.807) is 6.07 Å². The van der Waals surface area contributed by atoms with Crippen molar-refractivity contribution in [3.63, 3.8) is 0 Å². The summed E-state index contributed by atoms with van der Waals surface area (Å²) in [5, 5.41) is 8.35. The molecule has 1 unspecified atom stereocenters. The molecular formula is C16H23ClN4. The van der Waals surface area contributed by atoms with Crippen molar-refractivity contribution >= 4 is 23.1 Å². The van der Waals surface area contributed by atoms with E-state index in [-0.39, 0.29) is 5.84 Å². The third-order valence-electron chi connectivity index (χ3n) is 4.67. The first kappa shape index (κ1) is 14.7. The standard InChI is InChI=1S/C16H23ClN4/c17-13-5-4-6-14(15(13)16(18)19)21-10-7-12(11-21)20-8-2-1-3-9-20/h4-6,12H,1-3,7-11H2,(H3,18,19). The smallest absolute Gasteiger partial charge is 0.126 e. The molecule has 2 heterocycles. The summed E-state index contributed by atoms with van der Waals surface area (Å²) in [7, 11) is 0. The molecule has 0 aromatic heterocycles. The molecule has 0 saturated carbocycles. The van der Waals surface area contributed by atoms with E-state index >= 15 is 0 Å². The van der Waals surface area contributed by atoms with E-state index in [1.807, 2.05) is 12.1 Å². The maximum absolute atomic E-state index is 7.78. The second kappa shape index (κ2) is 6.24. The number of amidine groups is 1. The SMILES string of the molecule is N=C(N)c1c(Cl)cccc1N1CCC(N2CCCCC2)C1. The molecule has 0 amide bonds. The number of benzene rings is 1. The predicted molar refractivity (Wildman–Crippen MR) is 88.5 cm³/mol. The Balaban J connectivity index is 1.77. The average Bonchev–Trinajstić information content (AvgIpc) is 2.97. The van der Waals surface area contributed by atoms with Crippen LogP contribution in [0.5, 0.6) is 0 Å². The van der Waals surface area contributed by atoms with Gasteiger partial charge in [-0.15, -0.1) is 0 Å². The van der Waals surface area contributed by atoms with E-state index in [2.05, 4.69) is 9.80 Å². The summed E-state index contributed by atoms with van der Waals surface area (Å²) in [5.74, 6) is 0.0528. The number of likely N-dealkylation sites (tertiary alicyclic amines) is 1. The van der Waals surface area contributed by atoms with Crippen molar-refractivity contribution in [2.75, 3.05) is 31.1 Å². The largest absolute Gasteiger partial charge is 0.384 e. The average molecular weight is 307 g/mol. The van der Waals surface area contributed by atoms with Crippen molar-refractivity contribution in [2.24, 2.45) is 5.73 Å². The molecule has 3 N–H and O–H groups in total. The van der Waals surface area contributed by atoms with E-state index in [0.717, 1.165) is 18.8 Å². The van der Waals surface area contributed by atoms with Gasteiger partial charge in [-0.05, 0) is 44.5 Å². The van der Waals surface area contributed by atoms with Gasteiger partial charge in [0.25, 0.3) is 0 Å². The zero-order valence-corrected chi connectivity index (χ0v) is 13.1. The maximum Gasteiger partial charge on any atom is 0.126 e. The van der Waals surface area contributed by atoms with Crippen molar-refractivity contribution in [2.45, 2.75) is 31.7 Å². The highest BCUT2D eigenvalue weighted by atomic mass is 35.5. The van der Waals surface area contributed by atoms with Crippen LogP contribution >= 0.6 is 11.6 Å². The summed E-state index contributed by atoms with van der Waals surface area (Å²) in [6.07, 6.45) is 5.21. The van der Waals surface area contributed by atoms with Crippen LogP contribution in [0.15, 0.2) is 18.2 Å². The fourth-order valence-electron chi connectivity index (χ4n) is 3.59. The molecule has 3 rings (SSSR count). The number of anilines is 1. The molecule has 2 saturated heterocycles. The van der Waals surface area contributed by atoms with Gasteiger partial charge in [0.2, 0.25) is 0 Å². The van der Waals surface area contributed by atoms with Gasteiger partial charge < -0.3 is 10.6 Å². The van der Waals surface area contributed by atoms with Gasteiger partial charge in [0.15, 0.2) is 0 Å². The van der Waals surface area contributed by atoms with Crippen molar-refractivity contribution in [3.8, 4) is 0 Å². The van der Waals surface area contributed by atoms with Gasteiger partial charge in [-0.25, -0.2) is 0 Å². The van der Waals surface area contributed by atoms with Crippen LogP contribution < -0.4 is 10.6 Å². The van der Waals surface area contributed by atoms with Gasteiger partial charge in [0, 0.05) is 24.8 Å². The van der Waals surface area contributed by atoms with Crippen molar-refractivity contribution in [1.82, 2.24) is 4.90 Å². The zero-order valence-electron chi connectivity index (χ0n) is 12.3. The van der Waals surface area contributed by atoms with Crippen LogP contribution in [0.2, 0.25) is 5.02 Å². The number of nitrogens with zero attached hydrogens (tertiary/aromatic N) is 2. The Hall–Kier alpha value is -1.26. The van der Waals surface area contributed by atoms with Gasteiger partial charge >= 0.3 is 0 Å². The van der Waals surface area contributed by atoms with Crippen LogP contribution in [-0.4, -0.2) is 43.0 Å². The molecule has 4 nitrogen and oxygen atoms in total. The first-order chi connectivity index (χ1) is 10.2. The molecule has 114 valence electrons. The van der Waals surface area contributed by atoms with Gasteiger partial charge in [-0.3, -0.25) is 10.3 Å². The van der Waals surface area contributed by atoms with Crippen molar-refractivity contribution in [1.29, 1.82) is 5.41 Å². The van der Waals surface area contributed by atoms with Crippen LogP contribution in [-0.2, 0) is 0 Å². The molecule has 21 heavy (non-hydrogen) atoms. The molecule has 2 fully saturated rings. The van der Waals surface area contributed by atoms with Gasteiger partial charge in [0.05, 0.1) is 10.6 Å². The van der Waals surface area contributed by atoms with E-state index < -0.39 is 0 Å². The summed E-state index contributed by atoms with van der Waals surface area (Å²) >= 11 is 6.23. The molecule has 2 aliphatic rings. The third-order valence-corrected chi connectivity index (χ3v) is 4.99. The Bertz CT molecular complexity index is 525.